The number of sulfonamides is 1. The zero-order valence-corrected chi connectivity index (χ0v) is 12.6. The lowest BCUT2D eigenvalue weighted by molar-refractivity contribution is 0.0936. The predicted octanol–water partition coefficient (Wildman–Crippen LogP) is 1.96. The van der Waals surface area contributed by atoms with E-state index in [-0.39, 0.29) is 10.5 Å². The van der Waals surface area contributed by atoms with Gasteiger partial charge in [0, 0.05) is 0 Å². The number of nitrogens with one attached hydrogen (secondary N) is 1. The molecular weight excluding hydrogens is 307 g/mol. The number of primary sulfonamides is 1. The fourth-order valence-electron chi connectivity index (χ4n) is 1.95. The van der Waals surface area contributed by atoms with E-state index in [1.165, 1.54) is 30.3 Å². The number of carbonyl (C=O) groups is 1. The minimum Gasteiger partial charge on any atom is -0.345 e. The summed E-state index contributed by atoms with van der Waals surface area (Å²) in [7, 11) is -3.75. The van der Waals surface area contributed by atoms with E-state index < -0.39 is 27.8 Å². The van der Waals surface area contributed by atoms with Crippen LogP contribution in [0.5, 0.6) is 0 Å². The zero-order valence-electron chi connectivity index (χ0n) is 11.8. The second-order valence-electron chi connectivity index (χ2n) is 4.79. The normalized spacial score (nSPS) is 12.7. The molecule has 2 aromatic carbocycles. The SMILES string of the molecule is C[C@H](NC(=O)c1ccccc1F)c1ccc(S(N)(=O)=O)cc1. The van der Waals surface area contributed by atoms with Crippen molar-refractivity contribution in [2.24, 2.45) is 5.14 Å². The largest absolute Gasteiger partial charge is 0.345 e. The Bertz CT molecular complexity index is 789. The van der Waals surface area contributed by atoms with E-state index in [2.05, 4.69) is 5.32 Å². The molecule has 7 heteroatoms. The van der Waals surface area contributed by atoms with Crippen molar-refractivity contribution in [3.05, 3.63) is 65.5 Å². The molecule has 1 atom stereocenters. The van der Waals surface area contributed by atoms with Crippen LogP contribution in [0.4, 0.5) is 4.39 Å². The van der Waals surface area contributed by atoms with Gasteiger partial charge in [-0.3, -0.25) is 4.79 Å². The Kier molecular flexibility index (Phi) is 4.58. The highest BCUT2D eigenvalue weighted by Crippen LogP contribution is 2.16. The Morgan fingerprint density at radius 1 is 1.14 bits per heavy atom. The van der Waals surface area contributed by atoms with Gasteiger partial charge < -0.3 is 5.32 Å². The van der Waals surface area contributed by atoms with Crippen LogP contribution in [-0.2, 0) is 10.0 Å². The molecule has 1 amide bonds. The van der Waals surface area contributed by atoms with Crippen LogP contribution in [0.15, 0.2) is 53.4 Å². The van der Waals surface area contributed by atoms with Gasteiger partial charge in [0.25, 0.3) is 5.91 Å². The molecule has 116 valence electrons. The Labute approximate surface area is 128 Å². The highest BCUT2D eigenvalue weighted by molar-refractivity contribution is 7.89. The van der Waals surface area contributed by atoms with Crippen LogP contribution in [0, 0.1) is 5.82 Å². The van der Waals surface area contributed by atoms with Crippen molar-refractivity contribution >= 4 is 15.9 Å². The summed E-state index contributed by atoms with van der Waals surface area (Å²) in [5.41, 5.74) is 0.632. The Balaban J connectivity index is 2.14. The predicted molar refractivity (Wildman–Crippen MR) is 80.1 cm³/mol. The molecule has 0 aromatic heterocycles. The first-order valence-corrected chi connectivity index (χ1v) is 8.02. The maximum atomic E-state index is 13.5. The van der Waals surface area contributed by atoms with Crippen molar-refractivity contribution < 1.29 is 17.6 Å². The first-order chi connectivity index (χ1) is 10.3. The number of benzene rings is 2. The number of carbonyl (C=O) groups excluding carboxylic acids is 1. The summed E-state index contributed by atoms with van der Waals surface area (Å²) in [6.07, 6.45) is 0. The van der Waals surface area contributed by atoms with Gasteiger partial charge in [0.05, 0.1) is 16.5 Å². The number of amides is 1. The summed E-state index contributed by atoms with van der Waals surface area (Å²) in [6.45, 7) is 1.71. The number of rotatable bonds is 4. The van der Waals surface area contributed by atoms with Crippen molar-refractivity contribution in [2.45, 2.75) is 17.9 Å². The van der Waals surface area contributed by atoms with Crippen LogP contribution in [0.3, 0.4) is 0 Å². The number of hydrogen-bond acceptors (Lipinski definition) is 3. The third-order valence-corrected chi connectivity index (χ3v) is 4.10. The van der Waals surface area contributed by atoms with Crippen LogP contribution in [0.1, 0.15) is 28.9 Å². The summed E-state index contributed by atoms with van der Waals surface area (Å²) in [5.74, 6) is -1.14. The van der Waals surface area contributed by atoms with Gasteiger partial charge in [0.15, 0.2) is 0 Å². The Morgan fingerprint density at radius 3 is 2.27 bits per heavy atom. The molecule has 0 heterocycles. The zero-order chi connectivity index (χ0) is 16.3. The van der Waals surface area contributed by atoms with Crippen LogP contribution >= 0.6 is 0 Å². The lowest BCUT2D eigenvalue weighted by Crippen LogP contribution is -2.27. The molecule has 0 radical (unpaired) electrons. The van der Waals surface area contributed by atoms with Crippen LogP contribution in [0.25, 0.3) is 0 Å². The summed E-state index contributed by atoms with van der Waals surface area (Å²) in [6, 6.07) is 11.1. The summed E-state index contributed by atoms with van der Waals surface area (Å²) >= 11 is 0. The standard InChI is InChI=1S/C15H15FN2O3S/c1-10(11-6-8-12(9-7-11)22(17,20)21)18-15(19)13-4-2-3-5-14(13)16/h2-10H,1H3,(H,18,19)(H2,17,20,21)/t10-/m0/s1. The molecule has 2 aromatic rings. The fraction of sp³-hybridized carbons (Fsp3) is 0.133. The molecule has 0 bridgehead atoms. The highest BCUT2D eigenvalue weighted by atomic mass is 32.2. The molecular formula is C15H15FN2O3S. The van der Waals surface area contributed by atoms with Crippen molar-refractivity contribution in [1.82, 2.24) is 5.32 Å². The fourth-order valence-corrected chi connectivity index (χ4v) is 2.46. The summed E-state index contributed by atoms with van der Waals surface area (Å²) in [5, 5.41) is 7.67. The molecule has 22 heavy (non-hydrogen) atoms. The van der Waals surface area contributed by atoms with E-state index >= 15 is 0 Å². The minimum absolute atomic E-state index is 0.0103. The molecule has 3 N–H and O–H groups in total. The van der Waals surface area contributed by atoms with Crippen LogP contribution in [-0.4, -0.2) is 14.3 Å². The van der Waals surface area contributed by atoms with E-state index in [1.807, 2.05) is 0 Å². The molecule has 0 saturated carbocycles. The maximum absolute atomic E-state index is 13.5. The highest BCUT2D eigenvalue weighted by Gasteiger charge is 2.15. The third kappa shape index (κ3) is 3.69. The van der Waals surface area contributed by atoms with Crippen molar-refractivity contribution in [3.8, 4) is 0 Å². The molecule has 0 aliphatic carbocycles. The van der Waals surface area contributed by atoms with E-state index in [1.54, 1.807) is 25.1 Å². The topological polar surface area (TPSA) is 89.3 Å². The molecule has 0 fully saturated rings. The van der Waals surface area contributed by atoms with Gasteiger partial charge in [-0.2, -0.15) is 0 Å². The van der Waals surface area contributed by atoms with Crippen LogP contribution < -0.4 is 10.5 Å². The van der Waals surface area contributed by atoms with Gasteiger partial charge in [0.1, 0.15) is 5.82 Å². The van der Waals surface area contributed by atoms with Gasteiger partial charge in [-0.15, -0.1) is 0 Å². The molecule has 0 aliphatic rings. The van der Waals surface area contributed by atoms with Gasteiger partial charge in [-0.05, 0) is 36.8 Å². The molecule has 0 saturated heterocycles. The molecule has 0 unspecified atom stereocenters. The van der Waals surface area contributed by atoms with E-state index in [0.29, 0.717) is 5.56 Å². The average Bonchev–Trinajstić information content (AvgIpc) is 2.46. The minimum atomic E-state index is -3.75. The van der Waals surface area contributed by atoms with Gasteiger partial charge in [-0.1, -0.05) is 24.3 Å². The number of hydrogen-bond donors (Lipinski definition) is 2. The molecule has 0 aliphatic heterocycles. The second kappa shape index (κ2) is 6.25. The Morgan fingerprint density at radius 2 is 1.73 bits per heavy atom. The first kappa shape index (κ1) is 16.1. The van der Waals surface area contributed by atoms with Crippen LogP contribution in [0.2, 0.25) is 0 Å². The molecule has 5 nitrogen and oxygen atoms in total. The van der Waals surface area contributed by atoms with E-state index in [9.17, 15) is 17.6 Å². The van der Waals surface area contributed by atoms with Gasteiger partial charge in [-0.25, -0.2) is 17.9 Å². The summed E-state index contributed by atoms with van der Waals surface area (Å²) in [4.78, 5) is 12.0. The van der Waals surface area contributed by atoms with E-state index in [4.69, 9.17) is 5.14 Å². The van der Waals surface area contributed by atoms with Gasteiger partial charge in [0.2, 0.25) is 10.0 Å². The molecule has 0 spiro atoms. The Hall–Kier alpha value is -2.25. The maximum Gasteiger partial charge on any atom is 0.254 e. The number of halogens is 1. The van der Waals surface area contributed by atoms with E-state index in [0.717, 1.165) is 0 Å². The lowest BCUT2D eigenvalue weighted by Gasteiger charge is -2.15. The first-order valence-electron chi connectivity index (χ1n) is 6.47. The second-order valence-corrected chi connectivity index (χ2v) is 6.35. The average molecular weight is 322 g/mol. The number of nitrogens with two attached hydrogens (primary N) is 1. The molecule has 2 rings (SSSR count). The monoisotopic (exact) mass is 322 g/mol. The van der Waals surface area contributed by atoms with Gasteiger partial charge >= 0.3 is 0 Å². The third-order valence-electron chi connectivity index (χ3n) is 3.17. The van der Waals surface area contributed by atoms with Crippen molar-refractivity contribution in [2.75, 3.05) is 0 Å². The smallest absolute Gasteiger partial charge is 0.254 e. The van der Waals surface area contributed by atoms with Crippen molar-refractivity contribution in [3.63, 3.8) is 0 Å². The van der Waals surface area contributed by atoms with Crippen molar-refractivity contribution in [1.29, 1.82) is 0 Å². The quantitative estimate of drug-likeness (QED) is 0.902. The lowest BCUT2D eigenvalue weighted by atomic mass is 10.1. The summed E-state index contributed by atoms with van der Waals surface area (Å²) < 4.78 is 35.9.